The molecule has 3 rings (SSSR count). The van der Waals surface area contributed by atoms with Gasteiger partial charge in [0.15, 0.2) is 0 Å². The fraction of sp³-hybridized carbons (Fsp3) is 0. The van der Waals surface area contributed by atoms with Crippen LogP contribution in [-0.2, 0) is 0 Å². The average Bonchev–Trinajstić information content (AvgIpc) is 2.48. The van der Waals surface area contributed by atoms with E-state index in [9.17, 15) is 4.79 Å². The zero-order valence-electron chi connectivity index (χ0n) is 8.79. The summed E-state index contributed by atoms with van der Waals surface area (Å²) < 4.78 is 0. The molecular weight excluding hydrogens is 216 g/mol. The van der Waals surface area contributed by atoms with Crippen LogP contribution in [0.1, 0.15) is 10.4 Å². The van der Waals surface area contributed by atoms with Crippen molar-refractivity contribution in [1.29, 1.82) is 0 Å². The summed E-state index contributed by atoms with van der Waals surface area (Å²) in [5.41, 5.74) is 8.00. The van der Waals surface area contributed by atoms with Gasteiger partial charge in [-0.1, -0.05) is 30.3 Å². The molecule has 2 aliphatic rings. The van der Waals surface area contributed by atoms with Gasteiger partial charge in [-0.3, -0.25) is 4.79 Å². The number of nitrogens with zero attached hydrogens (tertiary/aromatic N) is 3. The molecule has 0 aromatic carbocycles. The quantitative estimate of drug-likeness (QED) is 0.674. The lowest BCUT2D eigenvalue weighted by atomic mass is 10.1. The normalized spacial score (nSPS) is 10.8. The Morgan fingerprint density at radius 3 is 2.65 bits per heavy atom. The molecule has 2 aliphatic carbocycles. The van der Waals surface area contributed by atoms with Gasteiger partial charge in [-0.25, -0.2) is 0 Å². The summed E-state index contributed by atoms with van der Waals surface area (Å²) in [5.74, 6) is -0.503. The Morgan fingerprint density at radius 1 is 1.12 bits per heavy atom. The van der Waals surface area contributed by atoms with Crippen LogP contribution in [0.5, 0.6) is 0 Å². The van der Waals surface area contributed by atoms with Gasteiger partial charge >= 0.3 is 0 Å². The maximum atomic E-state index is 11.5. The second kappa shape index (κ2) is 3.48. The van der Waals surface area contributed by atoms with Crippen LogP contribution in [0.2, 0.25) is 0 Å². The van der Waals surface area contributed by atoms with E-state index in [0.717, 1.165) is 16.5 Å². The van der Waals surface area contributed by atoms with E-state index in [1.165, 1.54) is 0 Å². The van der Waals surface area contributed by atoms with Crippen molar-refractivity contribution in [3.8, 4) is 11.1 Å². The minimum absolute atomic E-state index is 0.404. The van der Waals surface area contributed by atoms with E-state index in [4.69, 9.17) is 5.73 Å². The third kappa shape index (κ3) is 1.32. The van der Waals surface area contributed by atoms with Crippen LogP contribution in [0.15, 0.2) is 36.5 Å². The number of carbonyl (C=O) groups excluding carboxylic acids is 1. The number of hydrogen-bond acceptors (Lipinski definition) is 4. The summed E-state index contributed by atoms with van der Waals surface area (Å²) in [6.07, 6.45) is 1.59. The number of nitrogens with two attached hydrogens (primary N) is 1. The van der Waals surface area contributed by atoms with Gasteiger partial charge in [0.1, 0.15) is 5.52 Å². The monoisotopic (exact) mass is 224 g/mol. The molecule has 1 aromatic heterocycles. The molecule has 1 aromatic rings. The van der Waals surface area contributed by atoms with E-state index in [1.54, 1.807) is 6.20 Å². The molecule has 0 unspecified atom stereocenters. The minimum Gasteiger partial charge on any atom is -0.366 e. The number of aromatic nitrogens is 3. The Hall–Kier alpha value is -2.56. The van der Waals surface area contributed by atoms with Gasteiger partial charge in [-0.05, 0) is 16.3 Å². The fourth-order valence-electron chi connectivity index (χ4n) is 2.03. The van der Waals surface area contributed by atoms with Gasteiger partial charge in [0.2, 0.25) is 0 Å². The van der Waals surface area contributed by atoms with Crippen LogP contribution < -0.4 is 5.73 Å². The zero-order chi connectivity index (χ0) is 11.8. The molecule has 0 spiro atoms. The topological polar surface area (TPSA) is 81.8 Å². The Kier molecular flexibility index (Phi) is 1.98. The molecule has 0 fully saturated rings. The van der Waals surface area contributed by atoms with Crippen molar-refractivity contribution in [2.75, 3.05) is 0 Å². The van der Waals surface area contributed by atoms with E-state index in [-0.39, 0.29) is 0 Å². The Labute approximate surface area is 96.6 Å². The molecule has 2 N–H and O–H groups in total. The predicted molar refractivity (Wildman–Crippen MR) is 62.5 cm³/mol. The number of hydrogen-bond donors (Lipinski definition) is 1. The highest BCUT2D eigenvalue weighted by atomic mass is 16.1. The maximum absolute atomic E-state index is 11.5. The summed E-state index contributed by atoms with van der Waals surface area (Å²) in [7, 11) is 0. The Balaban J connectivity index is 2.57. The van der Waals surface area contributed by atoms with Crippen molar-refractivity contribution in [2.24, 2.45) is 5.73 Å². The zero-order valence-corrected chi connectivity index (χ0v) is 8.79. The van der Waals surface area contributed by atoms with Crippen molar-refractivity contribution in [2.45, 2.75) is 0 Å². The van der Waals surface area contributed by atoms with Crippen LogP contribution in [0.3, 0.4) is 0 Å². The molecule has 82 valence electrons. The molecule has 0 saturated heterocycles. The first-order chi connectivity index (χ1) is 8.29. The van der Waals surface area contributed by atoms with E-state index in [0.29, 0.717) is 11.1 Å². The first kappa shape index (κ1) is 9.65. The van der Waals surface area contributed by atoms with Crippen LogP contribution in [0.4, 0.5) is 0 Å². The van der Waals surface area contributed by atoms with Crippen LogP contribution in [0.25, 0.3) is 22.0 Å². The summed E-state index contributed by atoms with van der Waals surface area (Å²) in [6.45, 7) is 0. The summed E-state index contributed by atoms with van der Waals surface area (Å²) in [4.78, 5) is 11.5. The van der Waals surface area contributed by atoms with Gasteiger partial charge in [0.25, 0.3) is 5.91 Å². The van der Waals surface area contributed by atoms with Gasteiger partial charge in [-0.2, -0.15) is 0 Å². The third-order valence-corrected chi connectivity index (χ3v) is 2.72. The minimum atomic E-state index is -0.503. The molecular formula is C12H8N4O. The molecule has 0 aliphatic heterocycles. The van der Waals surface area contributed by atoms with Gasteiger partial charge in [0.05, 0.1) is 11.8 Å². The number of fused-ring (bicyclic) bond motifs is 3. The third-order valence-electron chi connectivity index (χ3n) is 2.72. The Morgan fingerprint density at radius 2 is 1.88 bits per heavy atom. The second-order valence-electron chi connectivity index (χ2n) is 3.67. The maximum Gasteiger partial charge on any atom is 0.251 e. The number of amides is 1. The van der Waals surface area contributed by atoms with Crippen molar-refractivity contribution in [3.05, 3.63) is 42.1 Å². The molecule has 1 amide bonds. The van der Waals surface area contributed by atoms with Crippen molar-refractivity contribution >= 4 is 16.8 Å². The van der Waals surface area contributed by atoms with Crippen LogP contribution in [0, 0.1) is 0 Å². The van der Waals surface area contributed by atoms with E-state index >= 15 is 0 Å². The van der Waals surface area contributed by atoms with Crippen LogP contribution >= 0.6 is 0 Å². The number of primary amides is 1. The number of rotatable bonds is 1. The lowest BCUT2D eigenvalue weighted by Gasteiger charge is -1.94. The molecule has 5 nitrogen and oxygen atoms in total. The van der Waals surface area contributed by atoms with E-state index < -0.39 is 5.91 Å². The molecule has 0 atom stereocenters. The molecule has 0 saturated carbocycles. The van der Waals surface area contributed by atoms with Crippen molar-refractivity contribution < 1.29 is 4.79 Å². The highest BCUT2D eigenvalue weighted by Crippen LogP contribution is 2.35. The molecule has 1 heterocycles. The lowest BCUT2D eigenvalue weighted by Crippen LogP contribution is -2.11. The Bertz CT molecular complexity index is 695. The highest BCUT2D eigenvalue weighted by molar-refractivity contribution is 6.17. The number of carbonyl (C=O) groups is 1. The first-order valence-corrected chi connectivity index (χ1v) is 5.07. The molecule has 5 heteroatoms. The standard InChI is InChI=1S/C12H8N4O/c13-12(17)10-8-5-3-1-2-4-7(8)9-6-14-16-15-11(9)10/h1-6H,(H2,13,17). The molecule has 0 radical (unpaired) electrons. The lowest BCUT2D eigenvalue weighted by molar-refractivity contribution is 0.100. The summed E-state index contributed by atoms with van der Waals surface area (Å²) in [6, 6.07) is 9.39. The average molecular weight is 224 g/mol. The second-order valence-corrected chi connectivity index (χ2v) is 3.67. The molecule has 17 heavy (non-hydrogen) atoms. The van der Waals surface area contributed by atoms with E-state index in [1.807, 2.05) is 30.3 Å². The van der Waals surface area contributed by atoms with E-state index in [2.05, 4.69) is 15.4 Å². The van der Waals surface area contributed by atoms with Gasteiger partial charge < -0.3 is 5.73 Å². The first-order valence-electron chi connectivity index (χ1n) is 5.07. The van der Waals surface area contributed by atoms with Crippen molar-refractivity contribution in [1.82, 2.24) is 15.4 Å². The van der Waals surface area contributed by atoms with Crippen LogP contribution in [-0.4, -0.2) is 21.3 Å². The highest BCUT2D eigenvalue weighted by Gasteiger charge is 2.21. The fourth-order valence-corrected chi connectivity index (χ4v) is 2.03. The molecule has 0 bridgehead atoms. The van der Waals surface area contributed by atoms with Gasteiger partial charge in [-0.15, -0.1) is 10.2 Å². The SMILES string of the molecule is NC(=O)c1c2cccccc-2c2cnnnc12. The smallest absolute Gasteiger partial charge is 0.251 e. The summed E-state index contributed by atoms with van der Waals surface area (Å²) in [5, 5.41) is 12.0. The summed E-state index contributed by atoms with van der Waals surface area (Å²) >= 11 is 0. The van der Waals surface area contributed by atoms with Crippen molar-refractivity contribution in [3.63, 3.8) is 0 Å². The largest absolute Gasteiger partial charge is 0.366 e. The van der Waals surface area contributed by atoms with Gasteiger partial charge in [0, 0.05) is 5.39 Å². The predicted octanol–water partition coefficient (Wildman–Crippen LogP) is 1.23.